The molecule has 0 aliphatic heterocycles. The maximum atomic E-state index is 3.88. The molecule has 0 bridgehead atoms. The maximum Gasteiger partial charge on any atom is 0.0658 e. The van der Waals surface area contributed by atoms with Crippen LogP contribution in [0.2, 0.25) is 0 Å². The third-order valence-corrected chi connectivity index (χ3v) is 5.86. The highest BCUT2D eigenvalue weighted by Gasteiger charge is 2.17. The molecule has 0 saturated carbocycles. The molecule has 0 radical (unpaired) electrons. The molecule has 3 rings (SSSR count). The van der Waals surface area contributed by atoms with Crippen molar-refractivity contribution in [1.29, 1.82) is 0 Å². The van der Waals surface area contributed by atoms with E-state index in [0.29, 0.717) is 0 Å². The van der Waals surface area contributed by atoms with Crippen molar-refractivity contribution in [3.05, 3.63) is 70.6 Å². The lowest BCUT2D eigenvalue weighted by atomic mass is 9.86. The number of hydrogen-bond acceptors (Lipinski definition) is 1. The van der Waals surface area contributed by atoms with E-state index in [4.69, 9.17) is 0 Å². The highest BCUT2D eigenvalue weighted by Crippen LogP contribution is 2.39. The zero-order valence-corrected chi connectivity index (χ0v) is 15.0. The summed E-state index contributed by atoms with van der Waals surface area (Å²) in [6.45, 7) is 6.75. The molecule has 0 aliphatic rings. The van der Waals surface area contributed by atoms with Gasteiger partial charge in [0.05, 0.1) is 4.83 Å². The number of hydrogen-bond donors (Lipinski definition) is 0. The van der Waals surface area contributed by atoms with E-state index in [2.05, 4.69) is 90.6 Å². The van der Waals surface area contributed by atoms with Crippen molar-refractivity contribution in [3.8, 4) is 0 Å². The normalized spacial score (nSPS) is 13.5. The van der Waals surface area contributed by atoms with Gasteiger partial charge in [-0.1, -0.05) is 79.2 Å². The molecule has 0 N–H and O–H groups in total. The molecule has 0 spiro atoms. The summed E-state index contributed by atoms with van der Waals surface area (Å²) in [5.41, 5.74) is 4.25. The molecule has 1 aromatic heterocycles. The van der Waals surface area contributed by atoms with Crippen LogP contribution >= 0.6 is 27.3 Å². The molecule has 1 atom stereocenters. The molecule has 0 nitrogen and oxygen atoms in total. The van der Waals surface area contributed by atoms with E-state index in [1.165, 1.54) is 26.8 Å². The molecule has 2 aromatic carbocycles. The summed E-state index contributed by atoms with van der Waals surface area (Å²) in [6, 6.07) is 17.6. The fraction of sp³-hybridized carbons (Fsp3) is 0.263. The molecule has 1 heterocycles. The number of halogens is 1. The van der Waals surface area contributed by atoms with Gasteiger partial charge in [-0.15, -0.1) is 11.3 Å². The Labute approximate surface area is 139 Å². The fourth-order valence-electron chi connectivity index (χ4n) is 2.53. The number of alkyl halides is 1. The van der Waals surface area contributed by atoms with Gasteiger partial charge in [-0.2, -0.15) is 0 Å². The molecule has 0 amide bonds. The topological polar surface area (TPSA) is 0 Å². The number of thiophene rings is 1. The van der Waals surface area contributed by atoms with Crippen molar-refractivity contribution in [2.75, 3.05) is 0 Å². The molecule has 0 saturated heterocycles. The van der Waals surface area contributed by atoms with Crippen LogP contribution in [0.15, 0.2) is 53.9 Å². The minimum Gasteiger partial charge on any atom is -0.143 e. The lowest BCUT2D eigenvalue weighted by Crippen LogP contribution is -2.10. The van der Waals surface area contributed by atoms with E-state index in [-0.39, 0.29) is 10.2 Å². The van der Waals surface area contributed by atoms with Gasteiger partial charge in [0.15, 0.2) is 0 Å². The van der Waals surface area contributed by atoms with Crippen molar-refractivity contribution >= 4 is 37.4 Å². The minimum atomic E-state index is 0.204. The molecule has 21 heavy (non-hydrogen) atoms. The SMILES string of the molecule is CC(C)(C)c1ccc(C(Br)c2csc3ccccc23)cc1. The molecule has 2 heteroatoms. The van der Waals surface area contributed by atoms with E-state index in [1.54, 1.807) is 0 Å². The Morgan fingerprint density at radius 1 is 0.952 bits per heavy atom. The Hall–Kier alpha value is -1.12. The Morgan fingerprint density at radius 3 is 2.29 bits per heavy atom. The predicted molar refractivity (Wildman–Crippen MR) is 97.7 cm³/mol. The van der Waals surface area contributed by atoms with E-state index >= 15 is 0 Å². The van der Waals surface area contributed by atoms with Crippen LogP contribution in [-0.4, -0.2) is 0 Å². The minimum absolute atomic E-state index is 0.204. The second-order valence-corrected chi connectivity index (χ2v) is 8.25. The van der Waals surface area contributed by atoms with E-state index in [1.807, 2.05) is 11.3 Å². The molecule has 0 aliphatic carbocycles. The van der Waals surface area contributed by atoms with Crippen molar-refractivity contribution in [2.45, 2.75) is 31.0 Å². The average molecular weight is 359 g/mol. The molecular formula is C19H19BrS. The monoisotopic (exact) mass is 358 g/mol. The molecular weight excluding hydrogens is 340 g/mol. The smallest absolute Gasteiger partial charge is 0.0658 e. The fourth-order valence-corrected chi connectivity index (χ4v) is 4.37. The summed E-state index contributed by atoms with van der Waals surface area (Å²) in [5.74, 6) is 0. The molecule has 3 aromatic rings. The van der Waals surface area contributed by atoms with Gasteiger partial charge in [-0.05, 0) is 38.9 Å². The third kappa shape index (κ3) is 2.93. The largest absolute Gasteiger partial charge is 0.143 e. The second kappa shape index (κ2) is 5.58. The van der Waals surface area contributed by atoms with Crippen molar-refractivity contribution < 1.29 is 0 Å². The Morgan fingerprint density at radius 2 is 1.62 bits per heavy atom. The summed E-state index contributed by atoms with van der Waals surface area (Å²) >= 11 is 5.69. The highest BCUT2D eigenvalue weighted by atomic mass is 79.9. The Kier molecular flexibility index (Phi) is 3.94. The summed E-state index contributed by atoms with van der Waals surface area (Å²) in [4.78, 5) is 0.252. The van der Waals surface area contributed by atoms with Gasteiger partial charge < -0.3 is 0 Å². The first-order chi connectivity index (χ1) is 9.97. The van der Waals surface area contributed by atoms with Gasteiger partial charge in [-0.25, -0.2) is 0 Å². The van der Waals surface area contributed by atoms with Crippen molar-refractivity contribution in [2.24, 2.45) is 0 Å². The van der Waals surface area contributed by atoms with Crippen molar-refractivity contribution in [1.82, 2.24) is 0 Å². The molecule has 0 fully saturated rings. The van der Waals surface area contributed by atoms with Crippen LogP contribution in [0.1, 0.15) is 42.3 Å². The predicted octanol–water partition coefficient (Wildman–Crippen LogP) is 6.68. The third-order valence-electron chi connectivity index (χ3n) is 3.85. The second-order valence-electron chi connectivity index (χ2n) is 6.42. The van der Waals surface area contributed by atoms with Gasteiger partial charge in [0.25, 0.3) is 0 Å². The number of benzene rings is 2. The zero-order chi connectivity index (χ0) is 15.0. The van der Waals surface area contributed by atoms with Gasteiger partial charge in [0.2, 0.25) is 0 Å². The first-order valence-electron chi connectivity index (χ1n) is 7.17. The Bertz CT molecular complexity index is 747. The van der Waals surface area contributed by atoms with Crippen LogP contribution in [0.25, 0.3) is 10.1 Å². The van der Waals surface area contributed by atoms with Gasteiger partial charge in [-0.3, -0.25) is 0 Å². The van der Waals surface area contributed by atoms with Gasteiger partial charge >= 0.3 is 0 Å². The zero-order valence-electron chi connectivity index (χ0n) is 12.6. The summed E-state index contributed by atoms with van der Waals surface area (Å²) < 4.78 is 1.35. The highest BCUT2D eigenvalue weighted by molar-refractivity contribution is 9.09. The van der Waals surface area contributed by atoms with Crippen LogP contribution in [0.3, 0.4) is 0 Å². The lowest BCUT2D eigenvalue weighted by Gasteiger charge is -2.20. The van der Waals surface area contributed by atoms with Crippen LogP contribution in [0.4, 0.5) is 0 Å². The standard InChI is InChI=1S/C19H19BrS/c1-19(2,3)14-10-8-13(9-11-14)18(20)16-12-21-17-7-5-4-6-15(16)17/h4-12,18H,1-3H3. The number of fused-ring (bicyclic) bond motifs is 1. The van der Waals surface area contributed by atoms with Crippen LogP contribution in [-0.2, 0) is 5.41 Å². The first-order valence-corrected chi connectivity index (χ1v) is 8.97. The van der Waals surface area contributed by atoms with Gasteiger partial charge in [0.1, 0.15) is 0 Å². The molecule has 108 valence electrons. The van der Waals surface area contributed by atoms with Crippen LogP contribution < -0.4 is 0 Å². The lowest BCUT2D eigenvalue weighted by molar-refractivity contribution is 0.590. The maximum absolute atomic E-state index is 3.88. The van der Waals surface area contributed by atoms with Crippen molar-refractivity contribution in [3.63, 3.8) is 0 Å². The van der Waals surface area contributed by atoms with E-state index < -0.39 is 0 Å². The average Bonchev–Trinajstić information content (AvgIpc) is 2.90. The van der Waals surface area contributed by atoms with E-state index in [0.717, 1.165) is 0 Å². The summed E-state index contributed by atoms with van der Waals surface area (Å²) in [6.07, 6.45) is 0. The van der Waals surface area contributed by atoms with Crippen LogP contribution in [0, 0.1) is 0 Å². The first kappa shape index (κ1) is 14.8. The number of rotatable bonds is 2. The van der Waals surface area contributed by atoms with Gasteiger partial charge in [0, 0.05) is 4.70 Å². The van der Waals surface area contributed by atoms with Crippen LogP contribution in [0.5, 0.6) is 0 Å². The quantitative estimate of drug-likeness (QED) is 0.448. The van der Waals surface area contributed by atoms with E-state index in [9.17, 15) is 0 Å². The molecule has 1 unspecified atom stereocenters. The summed E-state index contributed by atoms with van der Waals surface area (Å²) in [5, 5.41) is 3.62. The summed E-state index contributed by atoms with van der Waals surface area (Å²) in [7, 11) is 0. The Balaban J connectivity index is 1.97.